The van der Waals surface area contributed by atoms with Crippen LogP contribution in [0.1, 0.15) is 30.1 Å². The summed E-state index contributed by atoms with van der Waals surface area (Å²) in [5, 5.41) is 5.40. The van der Waals surface area contributed by atoms with Crippen molar-refractivity contribution in [2.24, 2.45) is 0 Å². The van der Waals surface area contributed by atoms with E-state index in [1.54, 1.807) is 17.5 Å². The second kappa shape index (κ2) is 7.21. The first kappa shape index (κ1) is 14.7. The fraction of sp³-hybridized carbons (Fsp3) is 0.429. The SMILES string of the molecule is CCn1ccnc1CNC(CC(=O)OC)c1cccs1. The van der Waals surface area contributed by atoms with Crippen molar-refractivity contribution >= 4 is 17.3 Å². The van der Waals surface area contributed by atoms with E-state index < -0.39 is 0 Å². The van der Waals surface area contributed by atoms with E-state index in [4.69, 9.17) is 4.74 Å². The van der Waals surface area contributed by atoms with Gasteiger partial charge in [0, 0.05) is 23.8 Å². The largest absolute Gasteiger partial charge is 0.469 e. The van der Waals surface area contributed by atoms with Gasteiger partial charge in [-0.25, -0.2) is 4.98 Å². The molecule has 1 unspecified atom stereocenters. The van der Waals surface area contributed by atoms with Gasteiger partial charge < -0.3 is 14.6 Å². The van der Waals surface area contributed by atoms with Crippen LogP contribution >= 0.6 is 11.3 Å². The summed E-state index contributed by atoms with van der Waals surface area (Å²) in [6.45, 7) is 3.59. The Hall–Kier alpha value is -1.66. The summed E-state index contributed by atoms with van der Waals surface area (Å²) in [6, 6.07) is 3.97. The van der Waals surface area contributed by atoms with Crippen molar-refractivity contribution in [2.45, 2.75) is 32.5 Å². The number of thiophene rings is 1. The zero-order valence-corrected chi connectivity index (χ0v) is 12.5. The molecule has 2 heterocycles. The van der Waals surface area contributed by atoms with E-state index in [-0.39, 0.29) is 12.0 Å². The molecule has 2 rings (SSSR count). The molecule has 0 aromatic carbocycles. The van der Waals surface area contributed by atoms with Gasteiger partial charge in [-0.1, -0.05) is 6.07 Å². The van der Waals surface area contributed by atoms with Crippen molar-refractivity contribution in [3.05, 3.63) is 40.6 Å². The van der Waals surface area contributed by atoms with Crippen LogP contribution in [0.3, 0.4) is 0 Å². The monoisotopic (exact) mass is 293 g/mol. The molecular weight excluding hydrogens is 274 g/mol. The Kier molecular flexibility index (Phi) is 5.31. The van der Waals surface area contributed by atoms with E-state index in [0.717, 1.165) is 17.2 Å². The molecule has 2 aromatic rings. The number of ether oxygens (including phenoxy) is 1. The number of rotatable bonds is 7. The third-order valence-corrected chi connectivity index (χ3v) is 4.12. The van der Waals surface area contributed by atoms with Gasteiger partial charge in [-0.3, -0.25) is 4.79 Å². The fourth-order valence-electron chi connectivity index (χ4n) is 2.02. The summed E-state index contributed by atoms with van der Waals surface area (Å²) in [5.74, 6) is 0.758. The van der Waals surface area contributed by atoms with Crippen molar-refractivity contribution < 1.29 is 9.53 Å². The summed E-state index contributed by atoms with van der Waals surface area (Å²) >= 11 is 1.63. The number of methoxy groups -OCH3 is 1. The Labute approximate surface area is 122 Å². The molecule has 0 aliphatic heterocycles. The molecule has 0 amide bonds. The van der Waals surface area contributed by atoms with Crippen LogP contribution in [0, 0.1) is 0 Å². The van der Waals surface area contributed by atoms with Gasteiger partial charge in [0.25, 0.3) is 0 Å². The number of hydrogen-bond acceptors (Lipinski definition) is 5. The van der Waals surface area contributed by atoms with Crippen molar-refractivity contribution in [1.29, 1.82) is 0 Å². The lowest BCUT2D eigenvalue weighted by Gasteiger charge is -2.16. The topological polar surface area (TPSA) is 56.2 Å². The molecule has 0 aliphatic rings. The van der Waals surface area contributed by atoms with Crippen LogP contribution in [0.15, 0.2) is 29.9 Å². The van der Waals surface area contributed by atoms with Gasteiger partial charge in [-0.05, 0) is 18.4 Å². The second-order valence-electron chi connectivity index (χ2n) is 4.36. The lowest BCUT2D eigenvalue weighted by molar-refractivity contribution is -0.141. The maximum absolute atomic E-state index is 11.5. The molecule has 0 saturated carbocycles. The van der Waals surface area contributed by atoms with Crippen molar-refractivity contribution in [3.63, 3.8) is 0 Å². The van der Waals surface area contributed by atoms with E-state index in [1.807, 2.05) is 23.7 Å². The Bertz CT molecular complexity index is 536. The average Bonchev–Trinajstić information content (AvgIpc) is 3.13. The van der Waals surface area contributed by atoms with E-state index in [2.05, 4.69) is 21.8 Å². The smallest absolute Gasteiger partial charge is 0.307 e. The highest BCUT2D eigenvalue weighted by atomic mass is 32.1. The zero-order chi connectivity index (χ0) is 14.4. The molecule has 108 valence electrons. The Morgan fingerprint density at radius 3 is 3.10 bits per heavy atom. The second-order valence-corrected chi connectivity index (χ2v) is 5.34. The molecule has 0 radical (unpaired) electrons. The first-order valence-electron chi connectivity index (χ1n) is 6.58. The number of esters is 1. The maximum atomic E-state index is 11.5. The molecule has 0 saturated heterocycles. The van der Waals surface area contributed by atoms with Crippen molar-refractivity contribution in [2.75, 3.05) is 7.11 Å². The van der Waals surface area contributed by atoms with Gasteiger partial charge in [-0.15, -0.1) is 11.3 Å². The number of aromatic nitrogens is 2. The lowest BCUT2D eigenvalue weighted by atomic mass is 10.1. The van der Waals surface area contributed by atoms with Gasteiger partial charge >= 0.3 is 5.97 Å². The zero-order valence-electron chi connectivity index (χ0n) is 11.7. The minimum atomic E-state index is -0.213. The molecule has 0 spiro atoms. The predicted molar refractivity (Wildman–Crippen MR) is 78.4 cm³/mol. The van der Waals surface area contributed by atoms with Crippen LogP contribution in [0.4, 0.5) is 0 Å². The number of aryl methyl sites for hydroxylation is 1. The summed E-state index contributed by atoms with van der Waals surface area (Å²) in [6.07, 6.45) is 4.07. The number of imidazole rings is 1. The normalized spacial score (nSPS) is 12.3. The minimum absolute atomic E-state index is 0.0375. The molecule has 1 N–H and O–H groups in total. The third kappa shape index (κ3) is 3.68. The summed E-state index contributed by atoms with van der Waals surface area (Å²) in [5.41, 5.74) is 0. The number of carbonyl (C=O) groups is 1. The van der Waals surface area contributed by atoms with Crippen LogP contribution in [-0.2, 0) is 22.6 Å². The summed E-state index contributed by atoms with van der Waals surface area (Å²) in [7, 11) is 1.41. The van der Waals surface area contributed by atoms with E-state index in [0.29, 0.717) is 13.0 Å². The lowest BCUT2D eigenvalue weighted by Crippen LogP contribution is -2.25. The van der Waals surface area contributed by atoms with E-state index in [1.165, 1.54) is 7.11 Å². The number of nitrogens with one attached hydrogen (secondary N) is 1. The van der Waals surface area contributed by atoms with Gasteiger partial charge in [0.1, 0.15) is 5.82 Å². The molecule has 5 nitrogen and oxygen atoms in total. The standard InChI is InChI=1S/C14H19N3O2S/c1-3-17-7-6-15-13(17)10-16-11(9-14(18)19-2)12-5-4-8-20-12/h4-8,11,16H,3,9-10H2,1-2H3. The van der Waals surface area contributed by atoms with Crippen LogP contribution < -0.4 is 5.32 Å². The van der Waals surface area contributed by atoms with Crippen LogP contribution in [0.5, 0.6) is 0 Å². The molecule has 0 bridgehead atoms. The molecule has 20 heavy (non-hydrogen) atoms. The minimum Gasteiger partial charge on any atom is -0.469 e. The highest BCUT2D eigenvalue weighted by Crippen LogP contribution is 2.22. The highest BCUT2D eigenvalue weighted by molar-refractivity contribution is 7.10. The number of nitrogens with zero attached hydrogens (tertiary/aromatic N) is 2. The van der Waals surface area contributed by atoms with Gasteiger partial charge in [0.2, 0.25) is 0 Å². The van der Waals surface area contributed by atoms with Gasteiger partial charge in [0.15, 0.2) is 0 Å². The summed E-state index contributed by atoms with van der Waals surface area (Å²) in [4.78, 5) is 17.0. The number of carbonyl (C=O) groups excluding carboxylic acids is 1. The van der Waals surface area contributed by atoms with Gasteiger partial charge in [0.05, 0.1) is 26.1 Å². The molecule has 0 fully saturated rings. The third-order valence-electron chi connectivity index (χ3n) is 3.13. The van der Waals surface area contributed by atoms with Crippen LogP contribution in [0.25, 0.3) is 0 Å². The first-order valence-corrected chi connectivity index (χ1v) is 7.46. The van der Waals surface area contributed by atoms with Crippen LogP contribution in [-0.4, -0.2) is 22.6 Å². The molecule has 0 aliphatic carbocycles. The first-order chi connectivity index (χ1) is 9.74. The quantitative estimate of drug-likeness (QED) is 0.796. The predicted octanol–water partition coefficient (Wildman–Crippen LogP) is 2.36. The van der Waals surface area contributed by atoms with Crippen molar-refractivity contribution in [3.8, 4) is 0 Å². The van der Waals surface area contributed by atoms with Crippen LogP contribution in [0.2, 0.25) is 0 Å². The fourth-order valence-corrected chi connectivity index (χ4v) is 2.82. The van der Waals surface area contributed by atoms with Crippen molar-refractivity contribution in [1.82, 2.24) is 14.9 Å². The average molecular weight is 293 g/mol. The molecular formula is C14H19N3O2S. The number of hydrogen-bond donors (Lipinski definition) is 1. The highest BCUT2D eigenvalue weighted by Gasteiger charge is 2.17. The van der Waals surface area contributed by atoms with E-state index >= 15 is 0 Å². The van der Waals surface area contributed by atoms with Gasteiger partial charge in [-0.2, -0.15) is 0 Å². The van der Waals surface area contributed by atoms with E-state index in [9.17, 15) is 4.79 Å². The summed E-state index contributed by atoms with van der Waals surface area (Å²) < 4.78 is 6.85. The Morgan fingerprint density at radius 1 is 1.60 bits per heavy atom. The molecule has 1 atom stereocenters. The Morgan fingerprint density at radius 2 is 2.45 bits per heavy atom. The Balaban J connectivity index is 2.02. The molecule has 2 aromatic heterocycles. The molecule has 6 heteroatoms. The maximum Gasteiger partial charge on any atom is 0.307 e.